The van der Waals surface area contributed by atoms with E-state index in [1.165, 1.54) is 11.3 Å². The van der Waals surface area contributed by atoms with Gasteiger partial charge in [-0.25, -0.2) is 0 Å². The van der Waals surface area contributed by atoms with Crippen molar-refractivity contribution in [2.75, 3.05) is 19.6 Å². The lowest BCUT2D eigenvalue weighted by Crippen LogP contribution is -2.46. The summed E-state index contributed by atoms with van der Waals surface area (Å²) in [7, 11) is 0. The van der Waals surface area contributed by atoms with Gasteiger partial charge in [0.05, 0.1) is 12.6 Å². The van der Waals surface area contributed by atoms with Crippen molar-refractivity contribution in [1.82, 2.24) is 10.2 Å². The topological polar surface area (TPSA) is 58.6 Å². The number of thiophene rings is 1. The van der Waals surface area contributed by atoms with Crippen molar-refractivity contribution < 1.29 is 14.3 Å². The molecule has 0 bridgehead atoms. The zero-order valence-corrected chi connectivity index (χ0v) is 15.0. The van der Waals surface area contributed by atoms with E-state index < -0.39 is 0 Å². The van der Waals surface area contributed by atoms with Crippen LogP contribution in [0.4, 0.5) is 0 Å². The standard InChI is InChI=1S/C19H22N2O3S/c1-14-11-21(12-17(24-14)15-5-3-2-4-6-15)18(22)7-9-20-19(23)16-8-10-25-13-16/h2-6,8,10,13-14,17H,7,9,11-12H2,1H3,(H,20,23). The summed E-state index contributed by atoms with van der Waals surface area (Å²) in [6, 6.07) is 11.7. The number of nitrogens with zero attached hydrogens (tertiary/aromatic N) is 1. The summed E-state index contributed by atoms with van der Waals surface area (Å²) in [6.07, 6.45) is 0.182. The normalized spacial score (nSPS) is 20.3. The van der Waals surface area contributed by atoms with Crippen LogP contribution in [-0.2, 0) is 9.53 Å². The molecule has 1 aliphatic heterocycles. The highest BCUT2D eigenvalue weighted by molar-refractivity contribution is 7.08. The maximum Gasteiger partial charge on any atom is 0.252 e. The van der Waals surface area contributed by atoms with Gasteiger partial charge in [0.1, 0.15) is 6.10 Å². The molecule has 2 aromatic rings. The molecule has 3 rings (SSSR count). The summed E-state index contributed by atoms with van der Waals surface area (Å²) in [5, 5.41) is 6.46. The first kappa shape index (κ1) is 17.6. The zero-order chi connectivity index (χ0) is 17.6. The fourth-order valence-corrected chi connectivity index (χ4v) is 3.58. The molecule has 1 N–H and O–H groups in total. The number of carbonyl (C=O) groups is 2. The van der Waals surface area contributed by atoms with Gasteiger partial charge in [0.2, 0.25) is 5.91 Å². The molecule has 6 heteroatoms. The van der Waals surface area contributed by atoms with Crippen molar-refractivity contribution in [2.24, 2.45) is 0 Å². The number of amides is 2. The van der Waals surface area contributed by atoms with Gasteiger partial charge in [-0.3, -0.25) is 9.59 Å². The minimum Gasteiger partial charge on any atom is -0.367 e. The first-order valence-corrected chi connectivity index (χ1v) is 9.36. The number of hydrogen-bond donors (Lipinski definition) is 1. The smallest absolute Gasteiger partial charge is 0.252 e. The van der Waals surface area contributed by atoms with Gasteiger partial charge in [0, 0.05) is 30.5 Å². The fourth-order valence-electron chi connectivity index (χ4n) is 2.94. The maximum atomic E-state index is 12.5. The molecule has 1 aromatic heterocycles. The average molecular weight is 358 g/mol. The summed E-state index contributed by atoms with van der Waals surface area (Å²) in [4.78, 5) is 26.2. The molecule has 1 fully saturated rings. The Bertz CT molecular complexity index is 703. The van der Waals surface area contributed by atoms with E-state index in [1.54, 1.807) is 11.4 Å². The molecular weight excluding hydrogens is 336 g/mol. The lowest BCUT2D eigenvalue weighted by Gasteiger charge is -2.37. The number of morpholine rings is 1. The van der Waals surface area contributed by atoms with Gasteiger partial charge in [-0.05, 0) is 23.9 Å². The second-order valence-corrected chi connectivity index (χ2v) is 6.94. The number of carbonyl (C=O) groups excluding carboxylic acids is 2. The first-order valence-electron chi connectivity index (χ1n) is 8.42. The van der Waals surface area contributed by atoms with Crippen LogP contribution in [0.1, 0.15) is 35.4 Å². The van der Waals surface area contributed by atoms with Gasteiger partial charge in [-0.2, -0.15) is 11.3 Å². The molecule has 2 atom stereocenters. The molecule has 2 amide bonds. The number of rotatable bonds is 5. The predicted molar refractivity (Wildman–Crippen MR) is 97.6 cm³/mol. The van der Waals surface area contributed by atoms with Crippen molar-refractivity contribution in [1.29, 1.82) is 0 Å². The maximum absolute atomic E-state index is 12.5. The molecule has 5 nitrogen and oxygen atoms in total. The highest BCUT2D eigenvalue weighted by atomic mass is 32.1. The van der Waals surface area contributed by atoms with Crippen LogP contribution in [0.5, 0.6) is 0 Å². The molecule has 0 radical (unpaired) electrons. The van der Waals surface area contributed by atoms with E-state index in [1.807, 2.05) is 47.5 Å². The molecule has 2 unspecified atom stereocenters. The van der Waals surface area contributed by atoms with E-state index in [-0.39, 0.29) is 24.0 Å². The number of hydrogen-bond acceptors (Lipinski definition) is 4. The third-order valence-electron chi connectivity index (χ3n) is 4.19. The molecule has 0 saturated carbocycles. The molecule has 25 heavy (non-hydrogen) atoms. The molecule has 1 aliphatic rings. The van der Waals surface area contributed by atoms with Crippen LogP contribution >= 0.6 is 11.3 Å². The SMILES string of the molecule is CC1CN(C(=O)CCNC(=O)c2ccsc2)CC(c2ccccc2)O1. The average Bonchev–Trinajstić information content (AvgIpc) is 3.16. The van der Waals surface area contributed by atoms with E-state index in [9.17, 15) is 9.59 Å². The summed E-state index contributed by atoms with van der Waals surface area (Å²) in [6.45, 7) is 3.45. The largest absolute Gasteiger partial charge is 0.367 e. The second-order valence-electron chi connectivity index (χ2n) is 6.16. The van der Waals surface area contributed by atoms with Gasteiger partial charge in [-0.1, -0.05) is 30.3 Å². The van der Waals surface area contributed by atoms with Crippen molar-refractivity contribution >= 4 is 23.2 Å². The Morgan fingerprint density at radius 3 is 2.76 bits per heavy atom. The quantitative estimate of drug-likeness (QED) is 0.894. The zero-order valence-electron chi connectivity index (χ0n) is 14.2. The van der Waals surface area contributed by atoms with Crippen LogP contribution in [0.25, 0.3) is 0 Å². The molecule has 1 saturated heterocycles. The Balaban J connectivity index is 1.51. The first-order chi connectivity index (χ1) is 12.1. The molecule has 1 aromatic carbocycles. The molecule has 0 spiro atoms. The van der Waals surface area contributed by atoms with Gasteiger partial charge < -0.3 is 15.0 Å². The van der Waals surface area contributed by atoms with E-state index in [0.717, 1.165) is 5.56 Å². The monoisotopic (exact) mass is 358 g/mol. The van der Waals surface area contributed by atoms with Crippen LogP contribution in [0, 0.1) is 0 Å². The molecule has 132 valence electrons. The van der Waals surface area contributed by atoms with Crippen molar-refractivity contribution in [3.05, 3.63) is 58.3 Å². The van der Waals surface area contributed by atoms with Crippen LogP contribution in [0.3, 0.4) is 0 Å². The van der Waals surface area contributed by atoms with Crippen molar-refractivity contribution in [3.63, 3.8) is 0 Å². The Morgan fingerprint density at radius 1 is 1.24 bits per heavy atom. The third-order valence-corrected chi connectivity index (χ3v) is 4.88. The Kier molecular flexibility index (Phi) is 5.83. The Hall–Kier alpha value is -2.18. The third kappa shape index (κ3) is 4.67. The second kappa shape index (κ2) is 8.27. The van der Waals surface area contributed by atoms with E-state index >= 15 is 0 Å². The predicted octanol–water partition coefficient (Wildman–Crippen LogP) is 2.86. The molecular formula is C19H22N2O3S. The highest BCUT2D eigenvalue weighted by Crippen LogP contribution is 2.25. The van der Waals surface area contributed by atoms with Crippen LogP contribution in [0.15, 0.2) is 47.2 Å². The Morgan fingerprint density at radius 2 is 2.04 bits per heavy atom. The Labute approximate surface area is 151 Å². The van der Waals surface area contributed by atoms with E-state index in [2.05, 4.69) is 5.32 Å². The minimum absolute atomic E-state index is 0.0108. The van der Waals surface area contributed by atoms with E-state index in [0.29, 0.717) is 31.6 Å². The van der Waals surface area contributed by atoms with Crippen molar-refractivity contribution in [3.8, 4) is 0 Å². The number of nitrogens with one attached hydrogen (secondary N) is 1. The summed E-state index contributed by atoms with van der Waals surface area (Å²) in [5.74, 6) is -0.0896. The van der Waals surface area contributed by atoms with Gasteiger partial charge in [-0.15, -0.1) is 0 Å². The summed E-state index contributed by atoms with van der Waals surface area (Å²) in [5.41, 5.74) is 1.72. The molecule has 2 heterocycles. The fraction of sp³-hybridized carbons (Fsp3) is 0.368. The van der Waals surface area contributed by atoms with Gasteiger partial charge >= 0.3 is 0 Å². The number of ether oxygens (including phenoxy) is 1. The summed E-state index contributed by atoms with van der Waals surface area (Å²) < 4.78 is 5.98. The van der Waals surface area contributed by atoms with Gasteiger partial charge in [0.15, 0.2) is 0 Å². The lowest BCUT2D eigenvalue weighted by molar-refractivity contribution is -0.144. The lowest BCUT2D eigenvalue weighted by atomic mass is 10.1. The highest BCUT2D eigenvalue weighted by Gasteiger charge is 2.29. The van der Waals surface area contributed by atoms with Crippen molar-refractivity contribution in [2.45, 2.75) is 25.6 Å². The van der Waals surface area contributed by atoms with Crippen LogP contribution in [-0.4, -0.2) is 42.5 Å². The minimum atomic E-state index is -0.133. The van der Waals surface area contributed by atoms with Crippen LogP contribution < -0.4 is 5.32 Å². The van der Waals surface area contributed by atoms with Crippen LogP contribution in [0.2, 0.25) is 0 Å². The van der Waals surface area contributed by atoms with Gasteiger partial charge in [0.25, 0.3) is 5.91 Å². The summed E-state index contributed by atoms with van der Waals surface area (Å²) >= 11 is 1.48. The molecule has 0 aliphatic carbocycles. The number of benzene rings is 1. The van der Waals surface area contributed by atoms with E-state index in [4.69, 9.17) is 4.74 Å².